The fourth-order valence-corrected chi connectivity index (χ4v) is 1.73. The summed E-state index contributed by atoms with van der Waals surface area (Å²) in [6.45, 7) is 0. The highest BCUT2D eigenvalue weighted by atomic mass is 35.5. The van der Waals surface area contributed by atoms with Crippen molar-refractivity contribution in [3.8, 4) is 11.1 Å². The highest BCUT2D eigenvalue weighted by Gasteiger charge is 2.10. The van der Waals surface area contributed by atoms with Gasteiger partial charge in [0.05, 0.1) is 6.26 Å². The quantitative estimate of drug-likeness (QED) is 0.640. The van der Waals surface area contributed by atoms with Crippen LogP contribution in [0.5, 0.6) is 0 Å². The summed E-state index contributed by atoms with van der Waals surface area (Å²) < 4.78 is 5.00. The highest BCUT2D eigenvalue weighted by Crippen LogP contribution is 2.29. The van der Waals surface area contributed by atoms with Crippen molar-refractivity contribution in [1.82, 2.24) is 0 Å². The van der Waals surface area contributed by atoms with Crippen LogP contribution in [0.3, 0.4) is 0 Å². The van der Waals surface area contributed by atoms with Crippen LogP contribution >= 0.6 is 11.6 Å². The summed E-state index contributed by atoms with van der Waals surface area (Å²) in [5.74, 6) is -0.775. The van der Waals surface area contributed by atoms with Gasteiger partial charge in [-0.1, -0.05) is 12.1 Å². The smallest absolute Gasteiger partial charge is 0.280 e. The Bertz CT molecular complexity index is 615. The molecule has 0 aliphatic carbocycles. The topological polar surface area (TPSA) is 94.6 Å². The lowest BCUT2D eigenvalue weighted by Crippen LogP contribution is -2.24. The zero-order valence-electron chi connectivity index (χ0n) is 9.26. The number of hydrogen-bond donors (Lipinski definition) is 2. The van der Waals surface area contributed by atoms with Gasteiger partial charge in [-0.05, 0) is 35.4 Å². The molecule has 1 aromatic heterocycles. The number of carbonyl (C=O) groups is 1. The minimum absolute atomic E-state index is 0.265. The predicted octanol–water partition coefficient (Wildman–Crippen LogP) is 2.01. The minimum atomic E-state index is -0.503. The lowest BCUT2D eigenvalue weighted by Gasteiger charge is -2.01. The van der Waals surface area contributed by atoms with Crippen LogP contribution in [-0.4, -0.2) is 11.9 Å². The number of carbonyl (C=O) groups excluding carboxylic acids is 1. The third kappa shape index (κ3) is 2.52. The van der Waals surface area contributed by atoms with Crippen LogP contribution in [-0.2, 0) is 0 Å². The van der Waals surface area contributed by atoms with Crippen LogP contribution in [0.2, 0.25) is 5.22 Å². The monoisotopic (exact) mass is 263 g/mol. The Morgan fingerprint density at radius 3 is 2.67 bits per heavy atom. The fraction of sp³-hybridized carbons (Fsp3) is 0. The average Bonchev–Trinajstić information content (AvgIpc) is 2.75. The van der Waals surface area contributed by atoms with Crippen molar-refractivity contribution in [1.29, 1.82) is 0 Å². The number of benzene rings is 1. The van der Waals surface area contributed by atoms with Crippen LogP contribution in [0.15, 0.2) is 46.0 Å². The van der Waals surface area contributed by atoms with E-state index in [1.165, 1.54) is 6.26 Å². The molecule has 0 radical (unpaired) electrons. The summed E-state index contributed by atoms with van der Waals surface area (Å²) in [6, 6.07) is 8.50. The molecule has 0 fully saturated rings. The van der Waals surface area contributed by atoms with Gasteiger partial charge in [-0.15, -0.1) is 0 Å². The Labute approximate surface area is 108 Å². The number of guanidine groups is 1. The van der Waals surface area contributed by atoms with Gasteiger partial charge in [-0.3, -0.25) is 4.79 Å². The number of hydrogen-bond acceptors (Lipinski definition) is 2. The highest BCUT2D eigenvalue weighted by molar-refractivity contribution is 6.31. The Balaban J connectivity index is 2.40. The molecule has 4 N–H and O–H groups in total. The molecule has 2 rings (SSSR count). The zero-order chi connectivity index (χ0) is 13.1. The third-order valence-corrected chi connectivity index (χ3v) is 2.56. The second-order valence-corrected chi connectivity index (χ2v) is 3.87. The van der Waals surface area contributed by atoms with Crippen LogP contribution in [0, 0.1) is 0 Å². The predicted molar refractivity (Wildman–Crippen MR) is 69.3 cm³/mol. The molecule has 0 bridgehead atoms. The SMILES string of the molecule is NC(N)=NC(=O)c1cccc(-c2ccoc2Cl)c1. The molecule has 18 heavy (non-hydrogen) atoms. The Hall–Kier alpha value is -2.27. The maximum atomic E-state index is 11.7. The van der Waals surface area contributed by atoms with Gasteiger partial charge in [0.25, 0.3) is 5.91 Å². The number of furan rings is 1. The van der Waals surface area contributed by atoms with Gasteiger partial charge in [-0.25, -0.2) is 0 Å². The molecule has 5 nitrogen and oxygen atoms in total. The Kier molecular flexibility index (Phi) is 3.34. The molecule has 2 aromatic rings. The van der Waals surface area contributed by atoms with Crippen molar-refractivity contribution < 1.29 is 9.21 Å². The van der Waals surface area contributed by atoms with Crippen LogP contribution in [0.4, 0.5) is 0 Å². The first-order valence-electron chi connectivity index (χ1n) is 5.05. The fourth-order valence-electron chi connectivity index (χ4n) is 1.50. The van der Waals surface area contributed by atoms with E-state index in [4.69, 9.17) is 27.5 Å². The summed E-state index contributed by atoms with van der Waals surface area (Å²) in [5, 5.41) is 0.265. The second kappa shape index (κ2) is 4.93. The number of nitrogens with zero attached hydrogens (tertiary/aromatic N) is 1. The Morgan fingerprint density at radius 2 is 2.06 bits per heavy atom. The summed E-state index contributed by atoms with van der Waals surface area (Å²) in [6.07, 6.45) is 1.47. The Morgan fingerprint density at radius 1 is 1.28 bits per heavy atom. The largest absolute Gasteiger partial charge is 0.452 e. The molecule has 6 heteroatoms. The number of rotatable bonds is 2. The van der Waals surface area contributed by atoms with E-state index in [0.717, 1.165) is 5.56 Å². The summed E-state index contributed by atoms with van der Waals surface area (Å²) >= 11 is 5.87. The van der Waals surface area contributed by atoms with E-state index in [1.807, 2.05) is 6.07 Å². The molecule has 0 unspecified atom stereocenters. The summed E-state index contributed by atoms with van der Waals surface area (Å²) in [5.41, 5.74) is 12.1. The van der Waals surface area contributed by atoms with Crippen molar-refractivity contribution in [2.75, 3.05) is 0 Å². The molecule has 1 aromatic carbocycles. The molecule has 0 spiro atoms. The molecular formula is C12H10ClN3O2. The van der Waals surface area contributed by atoms with Crippen molar-refractivity contribution in [2.24, 2.45) is 16.5 Å². The number of nitrogens with two attached hydrogens (primary N) is 2. The molecule has 92 valence electrons. The zero-order valence-corrected chi connectivity index (χ0v) is 10.0. The van der Waals surface area contributed by atoms with Gasteiger partial charge in [0, 0.05) is 11.1 Å². The second-order valence-electron chi connectivity index (χ2n) is 3.53. The van der Waals surface area contributed by atoms with E-state index >= 15 is 0 Å². The number of aliphatic imine (C=N–C) groups is 1. The van der Waals surface area contributed by atoms with E-state index < -0.39 is 5.91 Å². The number of halogens is 1. The molecular weight excluding hydrogens is 254 g/mol. The van der Waals surface area contributed by atoms with Crippen molar-refractivity contribution in [3.05, 3.63) is 47.4 Å². The first kappa shape index (κ1) is 12.2. The summed E-state index contributed by atoms with van der Waals surface area (Å²) in [4.78, 5) is 15.1. The van der Waals surface area contributed by atoms with Gasteiger partial charge in [0.15, 0.2) is 5.96 Å². The van der Waals surface area contributed by atoms with Crippen LogP contribution in [0.1, 0.15) is 10.4 Å². The van der Waals surface area contributed by atoms with E-state index in [9.17, 15) is 4.79 Å². The molecule has 0 aliphatic rings. The summed E-state index contributed by atoms with van der Waals surface area (Å²) in [7, 11) is 0. The molecule has 0 saturated carbocycles. The van der Waals surface area contributed by atoms with Crippen LogP contribution in [0.25, 0.3) is 11.1 Å². The lowest BCUT2D eigenvalue weighted by atomic mass is 10.1. The third-order valence-electron chi connectivity index (χ3n) is 2.27. The molecule has 0 atom stereocenters. The van der Waals surface area contributed by atoms with Gasteiger partial charge >= 0.3 is 0 Å². The number of amides is 1. The van der Waals surface area contributed by atoms with Gasteiger partial charge in [0.2, 0.25) is 5.22 Å². The average molecular weight is 264 g/mol. The van der Waals surface area contributed by atoms with Crippen molar-refractivity contribution in [2.45, 2.75) is 0 Å². The van der Waals surface area contributed by atoms with Crippen molar-refractivity contribution >= 4 is 23.5 Å². The standard InChI is InChI=1S/C12H10ClN3O2/c13-10-9(4-5-18-10)7-2-1-3-8(6-7)11(17)16-12(14)15/h1-6H,(H4,14,15,16,17). The van der Waals surface area contributed by atoms with Gasteiger partial charge < -0.3 is 15.9 Å². The maximum Gasteiger partial charge on any atom is 0.280 e. The van der Waals surface area contributed by atoms with E-state index in [0.29, 0.717) is 11.1 Å². The lowest BCUT2D eigenvalue weighted by molar-refractivity contribution is 0.100. The normalized spacial score (nSPS) is 10.1. The van der Waals surface area contributed by atoms with E-state index in [2.05, 4.69) is 4.99 Å². The van der Waals surface area contributed by atoms with Crippen molar-refractivity contribution in [3.63, 3.8) is 0 Å². The molecule has 0 aliphatic heterocycles. The first-order valence-corrected chi connectivity index (χ1v) is 5.43. The van der Waals surface area contributed by atoms with E-state index in [1.54, 1.807) is 24.3 Å². The van der Waals surface area contributed by atoms with Gasteiger partial charge in [-0.2, -0.15) is 4.99 Å². The molecule has 0 saturated heterocycles. The van der Waals surface area contributed by atoms with E-state index in [-0.39, 0.29) is 11.2 Å². The maximum absolute atomic E-state index is 11.7. The van der Waals surface area contributed by atoms with Crippen LogP contribution < -0.4 is 11.5 Å². The van der Waals surface area contributed by atoms with Gasteiger partial charge in [0.1, 0.15) is 0 Å². The minimum Gasteiger partial charge on any atom is -0.452 e. The first-order chi connectivity index (χ1) is 8.58. The molecule has 1 amide bonds. The molecule has 1 heterocycles.